The number of carbonyl (C=O) groups excluding carboxylic acids is 1. The molecule has 1 amide bonds. The lowest BCUT2D eigenvalue weighted by Crippen LogP contribution is -2.34. The number of hydrogen-bond donors (Lipinski definition) is 0. The molecule has 1 aliphatic carbocycles. The maximum atomic E-state index is 12.8. The standard InChI is InChI=1S/C28H35N3O2/c1-20-13-14-26(21(2)17-20)33-16-8-7-15-30-25-12-6-5-11-24(25)29-28(30)22-18-27(32)31(19-22)23-9-3-4-10-23/h5-6,11-14,17,22-23H,3-4,7-10,15-16,18-19H2,1-2H3. The molecule has 2 aliphatic rings. The number of imidazole rings is 1. The van der Waals surface area contributed by atoms with Crippen molar-refractivity contribution in [2.24, 2.45) is 0 Å². The van der Waals surface area contributed by atoms with Crippen LogP contribution in [0.2, 0.25) is 0 Å². The number of amides is 1. The molecule has 1 aromatic heterocycles. The van der Waals surface area contributed by atoms with Gasteiger partial charge in [0.05, 0.1) is 17.6 Å². The Morgan fingerprint density at radius 3 is 2.70 bits per heavy atom. The molecule has 1 aliphatic heterocycles. The lowest BCUT2D eigenvalue weighted by molar-refractivity contribution is -0.129. The smallest absolute Gasteiger partial charge is 0.223 e. The molecule has 1 unspecified atom stereocenters. The molecule has 1 saturated carbocycles. The Labute approximate surface area is 196 Å². The molecule has 5 heteroatoms. The number of carbonyl (C=O) groups is 1. The van der Waals surface area contributed by atoms with Crippen LogP contribution in [0.25, 0.3) is 11.0 Å². The van der Waals surface area contributed by atoms with E-state index in [9.17, 15) is 4.79 Å². The second-order valence-corrected chi connectivity index (χ2v) is 9.82. The molecule has 1 saturated heterocycles. The quantitative estimate of drug-likeness (QED) is 0.414. The number of aromatic nitrogens is 2. The zero-order valence-corrected chi connectivity index (χ0v) is 19.9. The van der Waals surface area contributed by atoms with Crippen LogP contribution < -0.4 is 4.74 Å². The van der Waals surface area contributed by atoms with Gasteiger partial charge in [0.15, 0.2) is 0 Å². The van der Waals surface area contributed by atoms with Gasteiger partial charge in [0.2, 0.25) is 5.91 Å². The van der Waals surface area contributed by atoms with Gasteiger partial charge in [-0.15, -0.1) is 0 Å². The molecule has 33 heavy (non-hydrogen) atoms. The van der Waals surface area contributed by atoms with Gasteiger partial charge in [-0.3, -0.25) is 4.79 Å². The number of fused-ring (bicyclic) bond motifs is 1. The highest BCUT2D eigenvalue weighted by Gasteiger charge is 2.38. The van der Waals surface area contributed by atoms with E-state index in [1.54, 1.807) is 0 Å². The Morgan fingerprint density at radius 1 is 1.06 bits per heavy atom. The zero-order chi connectivity index (χ0) is 22.8. The van der Waals surface area contributed by atoms with Crippen LogP contribution >= 0.6 is 0 Å². The largest absolute Gasteiger partial charge is 0.493 e. The lowest BCUT2D eigenvalue weighted by Gasteiger charge is -2.24. The molecule has 3 aromatic rings. The van der Waals surface area contributed by atoms with E-state index in [1.165, 1.54) is 29.5 Å². The lowest BCUT2D eigenvalue weighted by atomic mass is 10.1. The topological polar surface area (TPSA) is 47.4 Å². The Morgan fingerprint density at radius 2 is 1.88 bits per heavy atom. The predicted molar refractivity (Wildman–Crippen MR) is 132 cm³/mol. The minimum Gasteiger partial charge on any atom is -0.493 e. The van der Waals surface area contributed by atoms with Crippen molar-refractivity contribution in [2.45, 2.75) is 77.3 Å². The van der Waals surface area contributed by atoms with Crippen molar-refractivity contribution in [1.82, 2.24) is 14.5 Å². The van der Waals surface area contributed by atoms with Gasteiger partial charge in [0.1, 0.15) is 11.6 Å². The normalized spacial score (nSPS) is 19.2. The molecule has 5 nitrogen and oxygen atoms in total. The maximum Gasteiger partial charge on any atom is 0.223 e. The summed E-state index contributed by atoms with van der Waals surface area (Å²) in [5, 5.41) is 0. The first kappa shape index (κ1) is 22.0. The highest BCUT2D eigenvalue weighted by Crippen LogP contribution is 2.35. The molecule has 5 rings (SSSR count). The van der Waals surface area contributed by atoms with Crippen molar-refractivity contribution in [1.29, 1.82) is 0 Å². The molecule has 1 atom stereocenters. The van der Waals surface area contributed by atoms with Crippen molar-refractivity contribution in [2.75, 3.05) is 13.2 Å². The summed E-state index contributed by atoms with van der Waals surface area (Å²) in [6.07, 6.45) is 7.42. The Bertz CT molecular complexity index is 1130. The number of para-hydroxylation sites is 2. The molecule has 2 heterocycles. The van der Waals surface area contributed by atoms with Crippen LogP contribution in [-0.4, -0.2) is 39.6 Å². The fourth-order valence-corrected chi connectivity index (χ4v) is 5.63. The summed E-state index contributed by atoms with van der Waals surface area (Å²) in [6.45, 7) is 6.64. The Hall–Kier alpha value is -2.82. The fourth-order valence-electron chi connectivity index (χ4n) is 5.63. The Kier molecular flexibility index (Phi) is 6.39. The number of ether oxygens (including phenoxy) is 1. The first-order chi connectivity index (χ1) is 16.1. The van der Waals surface area contributed by atoms with Gasteiger partial charge in [-0.25, -0.2) is 4.98 Å². The molecule has 2 fully saturated rings. The van der Waals surface area contributed by atoms with Crippen LogP contribution in [0.1, 0.15) is 67.8 Å². The van der Waals surface area contributed by atoms with Crippen molar-refractivity contribution in [3.63, 3.8) is 0 Å². The van der Waals surface area contributed by atoms with Gasteiger partial charge in [0.25, 0.3) is 0 Å². The monoisotopic (exact) mass is 445 g/mol. The van der Waals surface area contributed by atoms with Gasteiger partial charge >= 0.3 is 0 Å². The molecule has 0 N–H and O–H groups in total. The average molecular weight is 446 g/mol. The number of hydrogen-bond acceptors (Lipinski definition) is 3. The van der Waals surface area contributed by atoms with Gasteiger partial charge in [0, 0.05) is 31.5 Å². The number of nitrogens with zero attached hydrogens (tertiary/aromatic N) is 3. The number of aryl methyl sites for hydroxylation is 3. The van der Waals surface area contributed by atoms with Crippen LogP contribution in [0.15, 0.2) is 42.5 Å². The van der Waals surface area contributed by atoms with Gasteiger partial charge in [-0.05, 0) is 63.3 Å². The molecule has 0 spiro atoms. The summed E-state index contributed by atoms with van der Waals surface area (Å²) in [6, 6.07) is 15.2. The molecular formula is C28H35N3O2. The van der Waals surface area contributed by atoms with E-state index in [0.29, 0.717) is 25.0 Å². The van der Waals surface area contributed by atoms with Gasteiger partial charge in [-0.1, -0.05) is 42.7 Å². The summed E-state index contributed by atoms with van der Waals surface area (Å²) >= 11 is 0. The SMILES string of the molecule is Cc1ccc(OCCCCn2c(C3CC(=O)N(C4CCCC4)C3)nc3ccccc32)c(C)c1. The van der Waals surface area contributed by atoms with E-state index in [4.69, 9.17) is 9.72 Å². The number of benzene rings is 2. The van der Waals surface area contributed by atoms with E-state index in [-0.39, 0.29) is 5.92 Å². The fraction of sp³-hybridized carbons (Fsp3) is 0.500. The highest BCUT2D eigenvalue weighted by molar-refractivity contribution is 5.81. The van der Waals surface area contributed by atoms with E-state index < -0.39 is 0 Å². The van der Waals surface area contributed by atoms with Crippen molar-refractivity contribution in [3.8, 4) is 5.75 Å². The highest BCUT2D eigenvalue weighted by atomic mass is 16.5. The summed E-state index contributed by atoms with van der Waals surface area (Å²) in [5.41, 5.74) is 4.66. The summed E-state index contributed by atoms with van der Waals surface area (Å²) in [7, 11) is 0. The molecule has 0 radical (unpaired) electrons. The molecule has 2 aromatic carbocycles. The Balaban J connectivity index is 1.26. The second kappa shape index (κ2) is 9.58. The molecule has 174 valence electrons. The number of unbranched alkanes of at least 4 members (excludes halogenated alkanes) is 1. The van der Waals surface area contributed by atoms with Crippen molar-refractivity contribution < 1.29 is 9.53 Å². The van der Waals surface area contributed by atoms with Crippen LogP contribution in [-0.2, 0) is 11.3 Å². The van der Waals surface area contributed by atoms with Crippen LogP contribution in [0.3, 0.4) is 0 Å². The van der Waals surface area contributed by atoms with Crippen LogP contribution in [0.4, 0.5) is 0 Å². The third-order valence-corrected chi connectivity index (χ3v) is 7.34. The minimum absolute atomic E-state index is 0.192. The van der Waals surface area contributed by atoms with Crippen molar-refractivity contribution in [3.05, 3.63) is 59.4 Å². The third kappa shape index (κ3) is 4.64. The maximum absolute atomic E-state index is 12.8. The van der Waals surface area contributed by atoms with Gasteiger partial charge in [-0.2, -0.15) is 0 Å². The minimum atomic E-state index is 0.192. The van der Waals surface area contributed by atoms with Crippen LogP contribution in [0.5, 0.6) is 5.75 Å². The first-order valence-electron chi connectivity index (χ1n) is 12.5. The first-order valence-corrected chi connectivity index (χ1v) is 12.5. The number of likely N-dealkylation sites (tertiary alicyclic amines) is 1. The van der Waals surface area contributed by atoms with Crippen LogP contribution in [0, 0.1) is 13.8 Å². The van der Waals surface area contributed by atoms with E-state index >= 15 is 0 Å². The van der Waals surface area contributed by atoms with E-state index in [2.05, 4.69) is 59.7 Å². The van der Waals surface area contributed by atoms with Crippen molar-refractivity contribution >= 4 is 16.9 Å². The predicted octanol–water partition coefficient (Wildman–Crippen LogP) is 5.77. The van der Waals surface area contributed by atoms with E-state index in [1.807, 2.05) is 6.07 Å². The van der Waals surface area contributed by atoms with E-state index in [0.717, 1.165) is 55.9 Å². The summed E-state index contributed by atoms with van der Waals surface area (Å²) < 4.78 is 8.40. The van der Waals surface area contributed by atoms with Gasteiger partial charge < -0.3 is 14.2 Å². The average Bonchev–Trinajstić information content (AvgIpc) is 3.53. The summed E-state index contributed by atoms with van der Waals surface area (Å²) in [5.74, 6) is 2.57. The second-order valence-electron chi connectivity index (χ2n) is 9.82. The third-order valence-electron chi connectivity index (χ3n) is 7.34. The molecule has 0 bridgehead atoms. The zero-order valence-electron chi connectivity index (χ0n) is 19.9. The summed E-state index contributed by atoms with van der Waals surface area (Å²) in [4.78, 5) is 20.0. The number of rotatable bonds is 8. The molecular weight excluding hydrogens is 410 g/mol.